The van der Waals surface area contributed by atoms with Gasteiger partial charge < -0.3 is 10.8 Å². The van der Waals surface area contributed by atoms with Crippen molar-refractivity contribution in [3.05, 3.63) is 35.4 Å². The van der Waals surface area contributed by atoms with Gasteiger partial charge in [-0.05, 0) is 17.5 Å². The highest BCUT2D eigenvalue weighted by atomic mass is 16.4. The maximum atomic E-state index is 11.4. The third-order valence-electron chi connectivity index (χ3n) is 3.52. The summed E-state index contributed by atoms with van der Waals surface area (Å²) < 4.78 is 0. The van der Waals surface area contributed by atoms with Crippen molar-refractivity contribution in [3.8, 4) is 0 Å². The van der Waals surface area contributed by atoms with E-state index in [1.165, 1.54) is 0 Å². The second kappa shape index (κ2) is 6.36. The zero-order valence-electron chi connectivity index (χ0n) is 11.4. The van der Waals surface area contributed by atoms with Crippen molar-refractivity contribution in [3.63, 3.8) is 0 Å². The van der Waals surface area contributed by atoms with Crippen LogP contribution in [0.4, 0.5) is 4.79 Å². The van der Waals surface area contributed by atoms with Gasteiger partial charge in [-0.2, -0.15) is 0 Å². The number of amides is 3. The summed E-state index contributed by atoms with van der Waals surface area (Å²) in [6.45, 7) is 0.724. The second-order valence-electron chi connectivity index (χ2n) is 4.96. The van der Waals surface area contributed by atoms with Crippen LogP contribution in [-0.4, -0.2) is 40.5 Å². The molecule has 112 valence electrons. The second-order valence-corrected chi connectivity index (χ2v) is 4.96. The van der Waals surface area contributed by atoms with Gasteiger partial charge in [-0.1, -0.05) is 24.3 Å². The first-order chi connectivity index (χ1) is 9.97. The predicted molar refractivity (Wildman–Crippen MR) is 74.3 cm³/mol. The number of benzene rings is 1. The van der Waals surface area contributed by atoms with Crippen molar-refractivity contribution in [1.29, 1.82) is 0 Å². The minimum absolute atomic E-state index is 0.0227. The van der Waals surface area contributed by atoms with E-state index in [-0.39, 0.29) is 13.0 Å². The van der Waals surface area contributed by atoms with Gasteiger partial charge in [-0.3, -0.25) is 19.8 Å². The maximum Gasteiger partial charge on any atom is 0.321 e. The molecule has 1 aromatic carbocycles. The Morgan fingerprint density at radius 2 is 1.95 bits per heavy atom. The Labute approximate surface area is 121 Å². The summed E-state index contributed by atoms with van der Waals surface area (Å²) in [5.41, 5.74) is 6.94. The van der Waals surface area contributed by atoms with Crippen LogP contribution >= 0.6 is 0 Å². The molecule has 1 unspecified atom stereocenters. The summed E-state index contributed by atoms with van der Waals surface area (Å²) in [6, 6.07) is 6.08. The number of hydrogen-bond donors (Lipinski definition) is 3. The standard InChI is InChI=1S/C14H17N3O4/c15-14(21)16-12(18)5-6-17-8-10-4-2-1-3-9(10)7-11(17)13(19)20/h1-4,11H,5-8H2,(H,19,20)(H3,15,16,18,21). The van der Waals surface area contributed by atoms with E-state index in [9.17, 15) is 19.5 Å². The lowest BCUT2D eigenvalue weighted by atomic mass is 9.94. The molecule has 4 N–H and O–H groups in total. The number of aliphatic carboxylic acids is 1. The lowest BCUT2D eigenvalue weighted by Gasteiger charge is -2.34. The van der Waals surface area contributed by atoms with Crippen molar-refractivity contribution < 1.29 is 19.5 Å². The molecule has 0 bridgehead atoms. The fourth-order valence-electron chi connectivity index (χ4n) is 2.50. The first kappa shape index (κ1) is 15.0. The normalized spacial score (nSPS) is 17.8. The number of nitrogens with zero attached hydrogens (tertiary/aromatic N) is 1. The summed E-state index contributed by atoms with van der Waals surface area (Å²) in [6.07, 6.45) is 0.428. The molecule has 0 saturated carbocycles. The molecule has 0 aromatic heterocycles. The molecule has 0 fully saturated rings. The van der Waals surface area contributed by atoms with Gasteiger partial charge in [0.15, 0.2) is 0 Å². The third-order valence-corrected chi connectivity index (χ3v) is 3.52. The number of nitrogens with one attached hydrogen (secondary N) is 1. The molecular weight excluding hydrogens is 274 g/mol. The fourth-order valence-corrected chi connectivity index (χ4v) is 2.50. The van der Waals surface area contributed by atoms with E-state index in [1.807, 2.05) is 29.6 Å². The molecule has 1 atom stereocenters. The smallest absolute Gasteiger partial charge is 0.321 e. The molecule has 1 aliphatic rings. The van der Waals surface area contributed by atoms with E-state index in [2.05, 4.69) is 0 Å². The first-order valence-corrected chi connectivity index (χ1v) is 6.60. The van der Waals surface area contributed by atoms with Crippen LogP contribution in [0.1, 0.15) is 17.5 Å². The molecule has 1 heterocycles. The number of fused-ring (bicyclic) bond motifs is 1. The van der Waals surface area contributed by atoms with E-state index in [0.717, 1.165) is 11.1 Å². The molecule has 0 aliphatic carbocycles. The highest BCUT2D eigenvalue weighted by Gasteiger charge is 2.31. The third kappa shape index (κ3) is 3.79. The van der Waals surface area contributed by atoms with Crippen molar-refractivity contribution in [1.82, 2.24) is 10.2 Å². The summed E-state index contributed by atoms with van der Waals surface area (Å²) in [5, 5.41) is 11.3. The van der Waals surface area contributed by atoms with Gasteiger partial charge in [0.05, 0.1) is 0 Å². The van der Waals surface area contributed by atoms with Crippen molar-refractivity contribution in [2.24, 2.45) is 5.73 Å². The number of carbonyl (C=O) groups excluding carboxylic acids is 2. The number of carboxylic acid groups (broad SMARTS) is 1. The van der Waals surface area contributed by atoms with Crippen LogP contribution in [0.5, 0.6) is 0 Å². The van der Waals surface area contributed by atoms with Crippen molar-refractivity contribution >= 4 is 17.9 Å². The maximum absolute atomic E-state index is 11.4. The SMILES string of the molecule is NC(=O)NC(=O)CCN1Cc2ccccc2CC1C(=O)O. The van der Waals surface area contributed by atoms with E-state index >= 15 is 0 Å². The number of imide groups is 1. The van der Waals surface area contributed by atoms with Crippen LogP contribution in [0.3, 0.4) is 0 Å². The summed E-state index contributed by atoms with van der Waals surface area (Å²) in [5.74, 6) is -1.43. The molecule has 0 spiro atoms. The average molecular weight is 291 g/mol. The van der Waals surface area contributed by atoms with Crippen molar-refractivity contribution in [2.75, 3.05) is 6.54 Å². The van der Waals surface area contributed by atoms with Crippen LogP contribution in [-0.2, 0) is 22.6 Å². The van der Waals surface area contributed by atoms with Crippen LogP contribution < -0.4 is 11.1 Å². The largest absolute Gasteiger partial charge is 0.480 e. The van der Waals surface area contributed by atoms with Gasteiger partial charge >= 0.3 is 12.0 Å². The molecule has 7 nitrogen and oxygen atoms in total. The minimum Gasteiger partial charge on any atom is -0.480 e. The molecule has 21 heavy (non-hydrogen) atoms. The number of rotatable bonds is 4. The van der Waals surface area contributed by atoms with Crippen LogP contribution in [0.2, 0.25) is 0 Å². The summed E-state index contributed by atoms with van der Waals surface area (Å²) in [4.78, 5) is 35.1. The van der Waals surface area contributed by atoms with Crippen LogP contribution in [0, 0.1) is 0 Å². The van der Waals surface area contributed by atoms with Crippen LogP contribution in [0.15, 0.2) is 24.3 Å². The van der Waals surface area contributed by atoms with E-state index < -0.39 is 23.9 Å². The van der Waals surface area contributed by atoms with E-state index in [1.54, 1.807) is 4.90 Å². The Balaban J connectivity index is 2.05. The number of nitrogens with two attached hydrogens (primary N) is 1. The first-order valence-electron chi connectivity index (χ1n) is 6.60. The lowest BCUT2D eigenvalue weighted by molar-refractivity contribution is -0.144. The molecule has 2 rings (SSSR count). The Morgan fingerprint density at radius 1 is 1.29 bits per heavy atom. The number of urea groups is 1. The van der Waals surface area contributed by atoms with Gasteiger partial charge in [0.1, 0.15) is 6.04 Å². The monoisotopic (exact) mass is 291 g/mol. The molecule has 1 aromatic rings. The van der Waals surface area contributed by atoms with Gasteiger partial charge in [0.2, 0.25) is 5.91 Å². The molecule has 0 saturated heterocycles. The Kier molecular flexibility index (Phi) is 4.54. The van der Waals surface area contributed by atoms with Gasteiger partial charge in [-0.25, -0.2) is 4.79 Å². The number of carbonyl (C=O) groups is 3. The summed E-state index contributed by atoms with van der Waals surface area (Å²) in [7, 11) is 0. The number of primary amides is 1. The fraction of sp³-hybridized carbons (Fsp3) is 0.357. The average Bonchev–Trinajstić information content (AvgIpc) is 2.43. The van der Waals surface area contributed by atoms with Gasteiger partial charge in [-0.15, -0.1) is 0 Å². The highest BCUT2D eigenvalue weighted by molar-refractivity contribution is 5.93. The minimum atomic E-state index is -0.917. The zero-order chi connectivity index (χ0) is 15.4. The Hall–Kier alpha value is -2.41. The highest BCUT2D eigenvalue weighted by Crippen LogP contribution is 2.23. The summed E-state index contributed by atoms with van der Waals surface area (Å²) >= 11 is 0. The number of carboxylic acids is 1. The topological polar surface area (TPSA) is 113 Å². The van der Waals surface area contributed by atoms with Gasteiger partial charge in [0, 0.05) is 19.5 Å². The Morgan fingerprint density at radius 3 is 2.57 bits per heavy atom. The van der Waals surface area contributed by atoms with E-state index in [0.29, 0.717) is 13.0 Å². The van der Waals surface area contributed by atoms with Crippen LogP contribution in [0.25, 0.3) is 0 Å². The molecule has 3 amide bonds. The molecule has 7 heteroatoms. The Bertz CT molecular complexity index is 573. The molecule has 1 aliphatic heterocycles. The molecular formula is C14H17N3O4. The van der Waals surface area contributed by atoms with Crippen molar-refractivity contribution in [2.45, 2.75) is 25.4 Å². The molecule has 0 radical (unpaired) electrons. The zero-order valence-corrected chi connectivity index (χ0v) is 11.4. The lowest BCUT2D eigenvalue weighted by Crippen LogP contribution is -2.47. The predicted octanol–water partition coefficient (Wildman–Crippen LogP) is 0.0829. The van der Waals surface area contributed by atoms with Gasteiger partial charge in [0.25, 0.3) is 0 Å². The number of hydrogen-bond acceptors (Lipinski definition) is 4. The quantitative estimate of drug-likeness (QED) is 0.727. The van der Waals surface area contributed by atoms with E-state index in [4.69, 9.17) is 5.73 Å².